The fourth-order valence-electron chi connectivity index (χ4n) is 2.78. The molecule has 0 spiro atoms. The van der Waals surface area contributed by atoms with Gasteiger partial charge in [0.15, 0.2) is 0 Å². The third-order valence-electron chi connectivity index (χ3n) is 4.04. The Hall–Kier alpha value is -1.14. The number of carbonyl (C=O) groups excluding carboxylic acids is 1. The number of rotatable bonds is 9. The minimum absolute atomic E-state index is 0.0970. The fraction of sp³-hybridized carbons (Fsp3) is 0.867. The van der Waals surface area contributed by atoms with Gasteiger partial charge < -0.3 is 10.4 Å². The maximum Gasteiger partial charge on any atom is 0.317 e. The van der Waals surface area contributed by atoms with Crippen LogP contribution in [-0.2, 0) is 9.59 Å². The van der Waals surface area contributed by atoms with Gasteiger partial charge in [-0.1, -0.05) is 20.3 Å². The molecule has 1 heterocycles. The predicted molar refractivity (Wildman–Crippen MR) is 82.3 cm³/mol. The van der Waals surface area contributed by atoms with Crippen molar-refractivity contribution in [1.29, 1.82) is 0 Å². The normalized spacial score (nSPS) is 17.1. The minimum atomic E-state index is -0.769. The van der Waals surface area contributed by atoms with Crippen LogP contribution in [0.5, 0.6) is 0 Å². The van der Waals surface area contributed by atoms with Crippen LogP contribution in [0.4, 0.5) is 0 Å². The van der Waals surface area contributed by atoms with Gasteiger partial charge in [-0.05, 0) is 25.8 Å². The number of aliphatic carboxylic acids is 1. The summed E-state index contributed by atoms with van der Waals surface area (Å²) in [6.45, 7) is 7.91. The molecule has 2 N–H and O–H groups in total. The van der Waals surface area contributed by atoms with Gasteiger partial charge in [-0.15, -0.1) is 0 Å². The lowest BCUT2D eigenvalue weighted by Gasteiger charge is -2.37. The van der Waals surface area contributed by atoms with Gasteiger partial charge in [0, 0.05) is 25.7 Å². The molecule has 0 aromatic carbocycles. The van der Waals surface area contributed by atoms with Crippen LogP contribution >= 0.6 is 0 Å². The number of carboxylic acid groups (broad SMARTS) is 1. The van der Waals surface area contributed by atoms with Crippen LogP contribution in [0.2, 0.25) is 0 Å². The number of nitrogens with one attached hydrogen (secondary N) is 1. The van der Waals surface area contributed by atoms with Crippen molar-refractivity contribution in [3.8, 4) is 0 Å². The van der Waals surface area contributed by atoms with E-state index in [9.17, 15) is 9.59 Å². The van der Waals surface area contributed by atoms with E-state index in [1.807, 2.05) is 11.8 Å². The first kappa shape index (κ1) is 17.9. The molecule has 1 aliphatic heterocycles. The van der Waals surface area contributed by atoms with Crippen LogP contribution < -0.4 is 5.32 Å². The first-order chi connectivity index (χ1) is 10.1. The zero-order valence-corrected chi connectivity index (χ0v) is 13.3. The Balaban J connectivity index is 2.27. The highest BCUT2D eigenvalue weighted by molar-refractivity contribution is 5.77. The van der Waals surface area contributed by atoms with Crippen LogP contribution in [0.15, 0.2) is 0 Å². The summed E-state index contributed by atoms with van der Waals surface area (Å²) in [7, 11) is 0. The molecule has 6 nitrogen and oxygen atoms in total. The van der Waals surface area contributed by atoms with Crippen molar-refractivity contribution >= 4 is 11.9 Å². The van der Waals surface area contributed by atoms with Crippen molar-refractivity contribution < 1.29 is 14.7 Å². The molecule has 6 heteroatoms. The number of nitrogens with zero attached hydrogens (tertiary/aromatic N) is 2. The smallest absolute Gasteiger partial charge is 0.317 e. The molecule has 0 aliphatic carbocycles. The summed E-state index contributed by atoms with van der Waals surface area (Å²) < 4.78 is 0. The molecule has 0 aromatic heterocycles. The van der Waals surface area contributed by atoms with E-state index in [2.05, 4.69) is 17.1 Å². The lowest BCUT2D eigenvalue weighted by Crippen LogP contribution is -2.48. The van der Waals surface area contributed by atoms with Crippen LogP contribution in [0.3, 0.4) is 0 Å². The molecular formula is C15H29N3O3. The molecule has 0 unspecified atom stereocenters. The van der Waals surface area contributed by atoms with Crippen LogP contribution in [0.1, 0.15) is 39.5 Å². The monoisotopic (exact) mass is 299 g/mol. The van der Waals surface area contributed by atoms with Gasteiger partial charge in [0.2, 0.25) is 5.91 Å². The van der Waals surface area contributed by atoms with Gasteiger partial charge in [-0.3, -0.25) is 19.4 Å². The van der Waals surface area contributed by atoms with E-state index in [0.29, 0.717) is 12.6 Å². The molecule has 0 saturated carbocycles. The SMILES string of the molecule is CCCCNC(=O)CN1CCC(N(CC)CC(=O)O)CC1. The van der Waals surface area contributed by atoms with E-state index in [1.54, 1.807) is 0 Å². The summed E-state index contributed by atoms with van der Waals surface area (Å²) in [6, 6.07) is 0.325. The molecule has 1 amide bonds. The Bertz CT molecular complexity index is 328. The highest BCUT2D eigenvalue weighted by atomic mass is 16.4. The largest absolute Gasteiger partial charge is 0.480 e. The van der Waals surface area contributed by atoms with E-state index in [4.69, 9.17) is 5.11 Å². The first-order valence-electron chi connectivity index (χ1n) is 8.01. The number of hydrogen-bond donors (Lipinski definition) is 2. The second-order valence-corrected chi connectivity index (χ2v) is 5.67. The summed E-state index contributed by atoms with van der Waals surface area (Å²) in [6.07, 6.45) is 3.98. The number of piperidine rings is 1. The fourth-order valence-corrected chi connectivity index (χ4v) is 2.78. The molecule has 0 atom stereocenters. The standard InChI is InChI=1S/C15H29N3O3/c1-3-5-8-16-14(19)11-17-9-6-13(7-10-17)18(4-2)12-15(20)21/h13H,3-12H2,1-2H3,(H,16,19)(H,20,21). The van der Waals surface area contributed by atoms with Crippen molar-refractivity contribution in [1.82, 2.24) is 15.1 Å². The third kappa shape index (κ3) is 6.91. The van der Waals surface area contributed by atoms with Crippen LogP contribution in [0.25, 0.3) is 0 Å². The highest BCUT2D eigenvalue weighted by Gasteiger charge is 2.25. The molecule has 1 rings (SSSR count). The number of likely N-dealkylation sites (N-methyl/N-ethyl adjacent to an activating group) is 1. The van der Waals surface area contributed by atoms with E-state index in [0.717, 1.165) is 51.9 Å². The summed E-state index contributed by atoms with van der Waals surface area (Å²) >= 11 is 0. The van der Waals surface area contributed by atoms with Crippen molar-refractivity contribution in [2.24, 2.45) is 0 Å². The Morgan fingerprint density at radius 3 is 2.48 bits per heavy atom. The molecule has 1 fully saturated rings. The minimum Gasteiger partial charge on any atom is -0.480 e. The van der Waals surface area contributed by atoms with E-state index < -0.39 is 5.97 Å². The second kappa shape index (κ2) is 9.73. The lowest BCUT2D eigenvalue weighted by molar-refractivity contribution is -0.139. The van der Waals surface area contributed by atoms with Gasteiger partial charge in [0.1, 0.15) is 0 Å². The Kier molecular flexibility index (Phi) is 8.30. The number of unbranched alkanes of at least 4 members (excludes halogenated alkanes) is 1. The zero-order chi connectivity index (χ0) is 15.7. The van der Waals surface area contributed by atoms with Crippen LogP contribution in [0, 0.1) is 0 Å². The Morgan fingerprint density at radius 1 is 1.29 bits per heavy atom. The topological polar surface area (TPSA) is 72.9 Å². The molecule has 21 heavy (non-hydrogen) atoms. The third-order valence-corrected chi connectivity index (χ3v) is 4.04. The number of carbonyl (C=O) groups is 2. The molecular weight excluding hydrogens is 270 g/mol. The summed E-state index contributed by atoms with van der Waals surface area (Å²) in [5.41, 5.74) is 0. The van der Waals surface area contributed by atoms with Crippen molar-refractivity contribution in [2.45, 2.75) is 45.6 Å². The molecule has 0 aromatic rings. The first-order valence-corrected chi connectivity index (χ1v) is 8.01. The van der Waals surface area contributed by atoms with E-state index in [-0.39, 0.29) is 12.5 Å². The maximum atomic E-state index is 11.8. The van der Waals surface area contributed by atoms with Crippen molar-refractivity contribution in [2.75, 3.05) is 39.3 Å². The van der Waals surface area contributed by atoms with Gasteiger partial charge in [-0.25, -0.2) is 0 Å². The Morgan fingerprint density at radius 2 is 1.95 bits per heavy atom. The summed E-state index contributed by atoms with van der Waals surface area (Å²) in [4.78, 5) is 26.8. The second-order valence-electron chi connectivity index (χ2n) is 5.67. The molecule has 0 bridgehead atoms. The molecule has 0 radical (unpaired) electrons. The predicted octanol–water partition coefficient (Wildman–Crippen LogP) is 0.774. The average molecular weight is 299 g/mol. The number of likely N-dealkylation sites (tertiary alicyclic amines) is 1. The molecule has 1 saturated heterocycles. The van der Waals surface area contributed by atoms with Gasteiger partial charge in [-0.2, -0.15) is 0 Å². The summed E-state index contributed by atoms with van der Waals surface area (Å²) in [5, 5.41) is 11.8. The van der Waals surface area contributed by atoms with Gasteiger partial charge in [0.25, 0.3) is 0 Å². The highest BCUT2D eigenvalue weighted by Crippen LogP contribution is 2.16. The van der Waals surface area contributed by atoms with Crippen LogP contribution in [-0.4, -0.2) is 72.1 Å². The van der Waals surface area contributed by atoms with Crippen molar-refractivity contribution in [3.05, 3.63) is 0 Å². The summed E-state index contributed by atoms with van der Waals surface area (Å²) in [5.74, 6) is -0.672. The lowest BCUT2D eigenvalue weighted by atomic mass is 10.0. The number of carboxylic acids is 1. The van der Waals surface area contributed by atoms with Crippen molar-refractivity contribution in [3.63, 3.8) is 0 Å². The molecule has 122 valence electrons. The molecule has 1 aliphatic rings. The number of amides is 1. The quantitative estimate of drug-likeness (QED) is 0.615. The van der Waals surface area contributed by atoms with E-state index in [1.165, 1.54) is 0 Å². The average Bonchev–Trinajstić information content (AvgIpc) is 2.46. The van der Waals surface area contributed by atoms with Gasteiger partial charge >= 0.3 is 5.97 Å². The van der Waals surface area contributed by atoms with E-state index >= 15 is 0 Å². The van der Waals surface area contributed by atoms with Gasteiger partial charge in [0.05, 0.1) is 13.1 Å². The number of hydrogen-bond acceptors (Lipinski definition) is 4. The maximum absolute atomic E-state index is 11.8. The zero-order valence-electron chi connectivity index (χ0n) is 13.3. The Labute approximate surface area is 127 Å².